The number of nitrogens with zero attached hydrogens (tertiary/aromatic N) is 7. The summed E-state index contributed by atoms with van der Waals surface area (Å²) < 4.78 is 41.8. The smallest absolute Gasteiger partial charge is 0.383 e. The van der Waals surface area contributed by atoms with Gasteiger partial charge in [-0.05, 0) is 113 Å². The Labute approximate surface area is 413 Å². The maximum Gasteiger partial charge on any atom is 0.416 e. The van der Waals surface area contributed by atoms with Gasteiger partial charge in [0.1, 0.15) is 17.3 Å². The molecule has 0 radical (unpaired) electrons. The average Bonchev–Trinajstić information content (AvgIpc) is 3.78. The van der Waals surface area contributed by atoms with Crippen LogP contribution in [0.15, 0.2) is 73.1 Å². The summed E-state index contributed by atoms with van der Waals surface area (Å²) in [4.78, 5) is 92.0. The van der Waals surface area contributed by atoms with Gasteiger partial charge in [-0.15, -0.1) is 0 Å². The molecule has 1 aliphatic carbocycles. The lowest BCUT2D eigenvalue weighted by Crippen LogP contribution is -2.49. The third-order valence-corrected chi connectivity index (χ3v) is 14.1. The number of fused-ring (bicyclic) bond motifs is 3. The van der Waals surface area contributed by atoms with E-state index in [-0.39, 0.29) is 84.8 Å². The van der Waals surface area contributed by atoms with Gasteiger partial charge in [-0.3, -0.25) is 38.9 Å². The molecule has 3 aliphatic heterocycles. The van der Waals surface area contributed by atoms with Crippen LogP contribution in [0.2, 0.25) is 0 Å². The molecule has 5 N–H and O–H groups in total. The summed E-state index contributed by atoms with van der Waals surface area (Å²) in [7, 11) is 0. The highest BCUT2D eigenvalue weighted by Crippen LogP contribution is 2.39. The zero-order chi connectivity index (χ0) is 50.7. The highest BCUT2D eigenvalue weighted by molar-refractivity contribution is 6.07. The van der Waals surface area contributed by atoms with Gasteiger partial charge < -0.3 is 26.2 Å². The maximum atomic E-state index is 13.9. The number of pyridine rings is 2. The molecule has 3 fully saturated rings. The molecule has 4 aliphatic rings. The van der Waals surface area contributed by atoms with Gasteiger partial charge >= 0.3 is 12.2 Å². The number of allylic oxidation sites excluding steroid dienone is 1. The van der Waals surface area contributed by atoms with Gasteiger partial charge in [-0.25, -0.2) is 14.8 Å². The van der Waals surface area contributed by atoms with Crippen LogP contribution < -0.4 is 26.6 Å². The van der Waals surface area contributed by atoms with E-state index in [1.54, 1.807) is 52.4 Å². The standard InChI is InChI=1S/C52H56F3N11O6/c1-31-9-11-35(26-40(31)65-25-20-42(67)61-51(65)72)50(71)63-23-18-32(19-24-63)10-16-44(69)64-22-4-2-3-6-36-29-58-48(56)45-46(62-66(47(36)45)39-8-5-7-38(28-39)59-43(68)30-64)33-12-14-34(15-13-33)49(70)60-41-27-37(17-21-57-41)52(53,54)55/h3,6,9,11-15,17,21,26-27,29,32,38-39H,2,4-5,7-8,10,16,18-20,22-25,28,30H2,1H3,(H2,56,58)(H,59,68)(H,57,60,70)(H,61,67,72)/b6-3+/t38-,39-/m1/s1. The molecule has 6 heterocycles. The van der Waals surface area contributed by atoms with Crippen molar-refractivity contribution in [2.45, 2.75) is 95.8 Å². The van der Waals surface area contributed by atoms with Crippen LogP contribution in [0.25, 0.3) is 28.2 Å². The number of rotatable bonds is 8. The molecule has 1 saturated carbocycles. The van der Waals surface area contributed by atoms with Crippen LogP contribution in [-0.4, -0.2) is 104 Å². The van der Waals surface area contributed by atoms with Crippen molar-refractivity contribution in [2.75, 3.05) is 48.7 Å². The third-order valence-electron chi connectivity index (χ3n) is 14.1. The number of nitrogen functional groups attached to an aromatic ring is 1. The Morgan fingerprint density at radius 1 is 0.875 bits per heavy atom. The zero-order valence-electron chi connectivity index (χ0n) is 39.8. The summed E-state index contributed by atoms with van der Waals surface area (Å²) in [6, 6.07) is 12.6. The van der Waals surface area contributed by atoms with Crippen molar-refractivity contribution in [3.63, 3.8) is 0 Å². The molecule has 376 valence electrons. The molecule has 3 aromatic heterocycles. The second-order valence-electron chi connectivity index (χ2n) is 19.0. The molecule has 7 amide bonds. The Balaban J connectivity index is 0.849. The van der Waals surface area contributed by atoms with Crippen molar-refractivity contribution >= 4 is 69.9 Å². The number of carbonyl (C=O) groups excluding carboxylic acids is 6. The topological polar surface area (TPSA) is 218 Å². The lowest BCUT2D eigenvalue weighted by Gasteiger charge is -2.33. The quantitative estimate of drug-likeness (QED) is 0.119. The van der Waals surface area contributed by atoms with Gasteiger partial charge in [-0.1, -0.05) is 30.4 Å². The number of imide groups is 1. The number of halogens is 3. The van der Waals surface area contributed by atoms with Crippen LogP contribution in [0.4, 0.5) is 35.3 Å². The lowest BCUT2D eigenvalue weighted by atomic mass is 9.90. The Morgan fingerprint density at radius 3 is 2.42 bits per heavy atom. The fourth-order valence-electron chi connectivity index (χ4n) is 10.2. The SMILES string of the molecule is Cc1ccc(C(=O)N2CCC(CCC(=O)N3CCC/C=C/c4cnc(N)c5c(-c6ccc(C(=O)Nc7cc(C(F)(F)F)ccn7)cc6)nn(c45)[C@@H]4CCC[C@H](C4)NC(=O)C3)CC2)cc1N1CCC(=O)NC1=O. The molecule has 5 aromatic rings. The van der Waals surface area contributed by atoms with E-state index >= 15 is 0 Å². The largest absolute Gasteiger partial charge is 0.416 e. The Bertz CT molecular complexity index is 2950. The van der Waals surface area contributed by atoms with Gasteiger partial charge in [0.15, 0.2) is 0 Å². The zero-order valence-corrected chi connectivity index (χ0v) is 39.8. The van der Waals surface area contributed by atoms with E-state index in [1.807, 2.05) is 29.8 Å². The number of likely N-dealkylation sites (tertiary alicyclic amines) is 1. The average molecular weight is 988 g/mol. The summed E-state index contributed by atoms with van der Waals surface area (Å²) in [5, 5.41) is 13.8. The van der Waals surface area contributed by atoms with Crippen molar-refractivity contribution < 1.29 is 41.9 Å². The molecule has 2 saturated heterocycles. The summed E-state index contributed by atoms with van der Waals surface area (Å²) in [5.74, 6) is -1.17. The number of anilines is 3. The van der Waals surface area contributed by atoms with E-state index in [2.05, 4.69) is 25.9 Å². The number of nitrogens with one attached hydrogen (secondary N) is 3. The molecule has 17 nitrogen and oxygen atoms in total. The molecule has 20 heteroatoms. The highest BCUT2D eigenvalue weighted by Gasteiger charge is 2.33. The van der Waals surface area contributed by atoms with E-state index in [0.29, 0.717) is 73.2 Å². The number of carbonyl (C=O) groups is 6. The summed E-state index contributed by atoms with van der Waals surface area (Å²) >= 11 is 0. The Morgan fingerprint density at radius 2 is 1.65 bits per heavy atom. The van der Waals surface area contributed by atoms with Gasteiger partial charge in [0.2, 0.25) is 17.7 Å². The first-order valence-corrected chi connectivity index (χ1v) is 24.5. The van der Waals surface area contributed by atoms with Crippen molar-refractivity contribution in [3.8, 4) is 11.3 Å². The van der Waals surface area contributed by atoms with Crippen molar-refractivity contribution in [3.05, 3.63) is 101 Å². The minimum Gasteiger partial charge on any atom is -0.383 e. The first-order valence-electron chi connectivity index (χ1n) is 24.5. The summed E-state index contributed by atoms with van der Waals surface area (Å²) in [6.07, 6.45) is 8.77. The minimum atomic E-state index is -4.59. The maximum absolute atomic E-state index is 13.9. The van der Waals surface area contributed by atoms with Crippen LogP contribution in [0.5, 0.6) is 0 Å². The number of aryl methyl sites for hydroxylation is 1. The monoisotopic (exact) mass is 987 g/mol. The first-order chi connectivity index (χ1) is 34.6. The van der Waals surface area contributed by atoms with Crippen LogP contribution in [-0.2, 0) is 20.6 Å². The first kappa shape index (κ1) is 49.3. The lowest BCUT2D eigenvalue weighted by molar-refractivity contribution is -0.137. The van der Waals surface area contributed by atoms with Gasteiger partial charge in [0.25, 0.3) is 11.8 Å². The second-order valence-corrected chi connectivity index (χ2v) is 19.0. The Kier molecular flexibility index (Phi) is 14.4. The van der Waals surface area contributed by atoms with Gasteiger partial charge in [0.05, 0.1) is 29.1 Å². The van der Waals surface area contributed by atoms with Crippen LogP contribution in [0, 0.1) is 12.8 Å². The van der Waals surface area contributed by atoms with Crippen molar-refractivity contribution in [1.82, 2.24) is 40.2 Å². The Hall–Kier alpha value is -7.64. The number of piperidine rings is 1. The number of aromatic nitrogens is 4. The van der Waals surface area contributed by atoms with Crippen molar-refractivity contribution in [1.29, 1.82) is 0 Å². The van der Waals surface area contributed by atoms with E-state index < -0.39 is 23.7 Å². The van der Waals surface area contributed by atoms with Crippen LogP contribution >= 0.6 is 0 Å². The van der Waals surface area contributed by atoms with Crippen molar-refractivity contribution in [2.24, 2.45) is 5.92 Å². The predicted molar refractivity (Wildman–Crippen MR) is 263 cm³/mol. The third kappa shape index (κ3) is 11.0. The molecule has 0 unspecified atom stereocenters. The molecule has 72 heavy (non-hydrogen) atoms. The summed E-state index contributed by atoms with van der Waals surface area (Å²) in [6.45, 7) is 3.47. The molecular weight excluding hydrogens is 932 g/mol. The van der Waals surface area contributed by atoms with E-state index in [4.69, 9.17) is 10.8 Å². The number of urea groups is 1. The number of amides is 7. The van der Waals surface area contributed by atoms with Gasteiger partial charge in [0, 0.05) is 85.4 Å². The molecular formula is C52H56F3N11O6. The molecule has 2 atom stereocenters. The summed E-state index contributed by atoms with van der Waals surface area (Å²) in [5.41, 5.74) is 10.5. The van der Waals surface area contributed by atoms with Crippen LogP contribution in [0.1, 0.15) is 114 Å². The molecule has 2 bridgehead atoms. The number of alkyl halides is 3. The van der Waals surface area contributed by atoms with E-state index in [1.165, 1.54) is 4.90 Å². The fourth-order valence-corrected chi connectivity index (χ4v) is 10.2. The van der Waals surface area contributed by atoms with Gasteiger partial charge in [-0.2, -0.15) is 18.3 Å². The second kappa shape index (κ2) is 21.0. The fraction of sp³-hybridized carbons (Fsp3) is 0.404. The number of nitrogens with two attached hydrogens (primary N) is 1. The number of hydrogen-bond acceptors (Lipinski definition) is 10. The number of benzene rings is 2. The molecule has 2 aromatic carbocycles. The predicted octanol–water partition coefficient (Wildman–Crippen LogP) is 7.67. The van der Waals surface area contributed by atoms with Crippen LogP contribution in [0.3, 0.4) is 0 Å². The normalized spacial score (nSPS) is 19.8. The molecule has 0 spiro atoms. The highest BCUT2D eigenvalue weighted by atomic mass is 19.4. The minimum absolute atomic E-state index is 0.0636. The van der Waals surface area contributed by atoms with E-state index in [9.17, 15) is 41.9 Å². The van der Waals surface area contributed by atoms with E-state index in [0.717, 1.165) is 67.1 Å². The molecule has 9 rings (SSSR count). The number of hydrogen-bond donors (Lipinski definition) is 4.